The molecule has 436 valence electrons. The van der Waals surface area contributed by atoms with Crippen molar-refractivity contribution in [2.75, 3.05) is 6.61 Å². The van der Waals surface area contributed by atoms with Crippen LogP contribution in [0.1, 0.15) is 309 Å². The Hall–Kier alpha value is -3.21. The average molecular weight is 1050 g/mol. The molecule has 3 N–H and O–H groups in total. The quantitative estimate of drug-likeness (QED) is 0.0420. The summed E-state index contributed by atoms with van der Waals surface area (Å²) in [7, 11) is 0. The van der Waals surface area contributed by atoms with Crippen LogP contribution in [-0.2, 0) is 4.79 Å². The number of carbonyl (C=O) groups is 1. The molecule has 0 bridgehead atoms. The van der Waals surface area contributed by atoms with E-state index in [1.54, 1.807) is 0 Å². The van der Waals surface area contributed by atoms with Crippen molar-refractivity contribution in [3.63, 3.8) is 0 Å². The van der Waals surface area contributed by atoms with Crippen molar-refractivity contribution in [1.82, 2.24) is 5.32 Å². The highest BCUT2D eigenvalue weighted by Crippen LogP contribution is 2.17. The summed E-state index contributed by atoms with van der Waals surface area (Å²) in [5.41, 5.74) is 0. The fourth-order valence-electron chi connectivity index (χ4n) is 9.57. The number of amides is 1. The molecule has 76 heavy (non-hydrogen) atoms. The van der Waals surface area contributed by atoms with Gasteiger partial charge in [-0.25, -0.2) is 0 Å². The minimum Gasteiger partial charge on any atom is -0.394 e. The van der Waals surface area contributed by atoms with Gasteiger partial charge in [0.05, 0.1) is 18.8 Å². The molecule has 0 aromatic carbocycles. The molecule has 0 fully saturated rings. The summed E-state index contributed by atoms with van der Waals surface area (Å²) in [4.78, 5) is 12.5. The maximum absolute atomic E-state index is 12.5. The molecule has 0 radical (unpaired) electrons. The predicted molar refractivity (Wildman–Crippen MR) is 340 cm³/mol. The number of aliphatic hydroxyl groups is 2. The van der Waals surface area contributed by atoms with Crippen LogP contribution in [0.25, 0.3) is 0 Å². The van der Waals surface area contributed by atoms with Gasteiger partial charge in [0.15, 0.2) is 0 Å². The van der Waals surface area contributed by atoms with Gasteiger partial charge in [-0.05, 0) is 89.9 Å². The number of unbranched alkanes of at least 4 members (excludes halogenated alkanes) is 32. The highest BCUT2D eigenvalue weighted by Gasteiger charge is 2.20. The normalized spacial score (nSPS) is 13.6. The Bertz CT molecular complexity index is 1470. The topological polar surface area (TPSA) is 69.6 Å². The second-order valence-corrected chi connectivity index (χ2v) is 21.8. The third-order valence-corrected chi connectivity index (χ3v) is 14.5. The minimum atomic E-state index is -0.673. The highest BCUT2D eigenvalue weighted by molar-refractivity contribution is 5.76. The van der Waals surface area contributed by atoms with Gasteiger partial charge in [-0.3, -0.25) is 4.79 Å². The van der Waals surface area contributed by atoms with Crippen LogP contribution in [0.15, 0.2) is 122 Å². The van der Waals surface area contributed by atoms with Crippen molar-refractivity contribution in [3.05, 3.63) is 122 Å². The summed E-state index contributed by atoms with van der Waals surface area (Å²) in [6.45, 7) is 4.26. The van der Waals surface area contributed by atoms with Crippen LogP contribution < -0.4 is 5.32 Å². The molecular formula is C72H125NO3. The molecule has 4 heteroatoms. The molecule has 0 aliphatic carbocycles. The second-order valence-electron chi connectivity index (χ2n) is 21.8. The third kappa shape index (κ3) is 61.6. The van der Waals surface area contributed by atoms with Crippen molar-refractivity contribution in [1.29, 1.82) is 0 Å². The van der Waals surface area contributed by atoms with E-state index in [2.05, 4.69) is 141 Å². The molecule has 0 saturated carbocycles. The third-order valence-electron chi connectivity index (χ3n) is 14.5. The largest absolute Gasteiger partial charge is 0.394 e. The molecule has 4 nitrogen and oxygen atoms in total. The highest BCUT2D eigenvalue weighted by atomic mass is 16.3. The fraction of sp³-hybridized carbons (Fsp3) is 0.708. The summed E-state index contributed by atoms with van der Waals surface area (Å²) in [5, 5.41) is 23.4. The van der Waals surface area contributed by atoms with Gasteiger partial charge in [-0.15, -0.1) is 0 Å². The summed E-state index contributed by atoms with van der Waals surface area (Å²) >= 11 is 0. The predicted octanol–water partition coefficient (Wildman–Crippen LogP) is 22.4. The molecule has 2 atom stereocenters. The first-order valence-electron chi connectivity index (χ1n) is 32.7. The zero-order valence-corrected chi connectivity index (χ0v) is 50.2. The first kappa shape index (κ1) is 72.8. The molecule has 0 aromatic heterocycles. The number of nitrogens with one attached hydrogen (secondary N) is 1. The lowest BCUT2D eigenvalue weighted by atomic mass is 10.0. The van der Waals surface area contributed by atoms with E-state index < -0.39 is 12.1 Å². The van der Waals surface area contributed by atoms with Crippen LogP contribution in [0.4, 0.5) is 0 Å². The van der Waals surface area contributed by atoms with Crippen LogP contribution in [0, 0.1) is 0 Å². The SMILES string of the molecule is CC/C=C\C/C=C\C/C=C\C/C=C\C/C=C\C/C=C\C/C=C\C/C=C\C/C=C\C/C=C\CCCCCCCCCCC(=O)NC(CO)C(O)CCCCCCCCCCCCCCCCCCCCCCCCCCC. The first-order valence-corrected chi connectivity index (χ1v) is 32.7. The van der Waals surface area contributed by atoms with E-state index in [1.807, 2.05) is 0 Å². The lowest BCUT2D eigenvalue weighted by Gasteiger charge is -2.22. The Kier molecular flexibility index (Phi) is 63.3. The second kappa shape index (κ2) is 66.1. The van der Waals surface area contributed by atoms with E-state index in [1.165, 1.54) is 186 Å². The Morgan fingerprint density at radius 2 is 0.579 bits per heavy atom. The summed E-state index contributed by atoms with van der Waals surface area (Å²) in [5.74, 6) is -0.0411. The molecule has 0 aliphatic rings. The molecule has 1 amide bonds. The van der Waals surface area contributed by atoms with E-state index >= 15 is 0 Å². The van der Waals surface area contributed by atoms with Gasteiger partial charge in [-0.1, -0.05) is 334 Å². The molecule has 0 heterocycles. The van der Waals surface area contributed by atoms with Crippen molar-refractivity contribution in [2.24, 2.45) is 0 Å². The first-order chi connectivity index (χ1) is 37.7. The van der Waals surface area contributed by atoms with E-state index in [9.17, 15) is 15.0 Å². The number of aliphatic hydroxyl groups excluding tert-OH is 2. The minimum absolute atomic E-state index is 0.0411. The van der Waals surface area contributed by atoms with E-state index in [4.69, 9.17) is 0 Å². The maximum Gasteiger partial charge on any atom is 0.220 e. The van der Waals surface area contributed by atoms with E-state index in [-0.39, 0.29) is 12.5 Å². The molecule has 0 aliphatic heterocycles. The molecule has 0 rings (SSSR count). The lowest BCUT2D eigenvalue weighted by Crippen LogP contribution is -2.45. The molecule has 0 aromatic rings. The smallest absolute Gasteiger partial charge is 0.220 e. The molecule has 0 saturated heterocycles. The molecule has 0 spiro atoms. The monoisotopic (exact) mass is 1050 g/mol. The fourth-order valence-corrected chi connectivity index (χ4v) is 9.57. The number of hydrogen-bond acceptors (Lipinski definition) is 3. The maximum atomic E-state index is 12.5. The zero-order chi connectivity index (χ0) is 54.8. The molecular weight excluding hydrogens is 927 g/mol. The Balaban J connectivity index is 3.56. The Morgan fingerprint density at radius 3 is 0.868 bits per heavy atom. The summed E-state index contributed by atoms with van der Waals surface area (Å²) in [6.07, 6.45) is 101. The number of rotatable bonds is 59. The van der Waals surface area contributed by atoms with Gasteiger partial charge >= 0.3 is 0 Å². The van der Waals surface area contributed by atoms with Crippen molar-refractivity contribution in [2.45, 2.75) is 321 Å². The number of hydrogen-bond donors (Lipinski definition) is 3. The van der Waals surface area contributed by atoms with E-state index in [0.29, 0.717) is 12.8 Å². The van der Waals surface area contributed by atoms with Gasteiger partial charge in [-0.2, -0.15) is 0 Å². The zero-order valence-electron chi connectivity index (χ0n) is 50.2. The molecule has 2 unspecified atom stereocenters. The van der Waals surface area contributed by atoms with Crippen molar-refractivity contribution >= 4 is 5.91 Å². The van der Waals surface area contributed by atoms with Gasteiger partial charge in [0, 0.05) is 6.42 Å². The van der Waals surface area contributed by atoms with E-state index in [0.717, 1.165) is 96.3 Å². The van der Waals surface area contributed by atoms with Crippen LogP contribution in [0.5, 0.6) is 0 Å². The van der Waals surface area contributed by atoms with Crippen LogP contribution in [0.3, 0.4) is 0 Å². The standard InChI is InChI=1S/C72H125NO3/c1-3-5-7-9-11-13-15-17-19-21-23-25-27-29-30-31-32-33-34-35-36-37-38-39-40-41-42-44-46-48-50-52-54-56-58-60-62-64-66-68-72(76)73-70(69-74)71(75)67-65-63-61-59-57-55-53-51-49-47-45-43-28-26-24-22-20-18-16-14-12-10-8-6-4-2/h5,7,11,13,17,19,23,25,29-30,32-33,35-36,38-39,41-42,46,48,70-71,74-75H,3-4,6,8-10,12,14-16,18,20-22,24,26-28,31,34,37,40,43-45,47,49-69H2,1-2H3,(H,73,76)/b7-5-,13-11-,19-17-,25-23-,30-29-,33-32-,36-35-,39-38-,42-41-,48-46-. The van der Waals surface area contributed by atoms with Gasteiger partial charge in [0.2, 0.25) is 5.91 Å². The van der Waals surface area contributed by atoms with Crippen molar-refractivity contribution < 1.29 is 15.0 Å². The lowest BCUT2D eigenvalue weighted by molar-refractivity contribution is -0.123. The van der Waals surface area contributed by atoms with Crippen LogP contribution in [0.2, 0.25) is 0 Å². The van der Waals surface area contributed by atoms with Crippen molar-refractivity contribution in [3.8, 4) is 0 Å². The van der Waals surface area contributed by atoms with Crippen LogP contribution >= 0.6 is 0 Å². The van der Waals surface area contributed by atoms with Gasteiger partial charge < -0.3 is 15.5 Å². The summed E-state index contributed by atoms with van der Waals surface area (Å²) in [6, 6.07) is -0.551. The number of allylic oxidation sites excluding steroid dienone is 20. The van der Waals surface area contributed by atoms with Gasteiger partial charge in [0.1, 0.15) is 0 Å². The van der Waals surface area contributed by atoms with Gasteiger partial charge in [0.25, 0.3) is 0 Å². The Morgan fingerprint density at radius 1 is 0.329 bits per heavy atom. The average Bonchev–Trinajstić information content (AvgIpc) is 3.42. The number of carbonyl (C=O) groups excluding carboxylic acids is 1. The summed E-state index contributed by atoms with van der Waals surface area (Å²) < 4.78 is 0. The Labute approximate surface area is 473 Å². The van der Waals surface area contributed by atoms with Crippen LogP contribution in [-0.4, -0.2) is 34.9 Å².